The van der Waals surface area contributed by atoms with Crippen molar-refractivity contribution in [2.75, 3.05) is 31.1 Å². The summed E-state index contributed by atoms with van der Waals surface area (Å²) in [7, 11) is 0. The maximum absolute atomic E-state index is 14.2. The Balaban J connectivity index is 1.27. The van der Waals surface area contributed by atoms with Crippen LogP contribution in [-0.2, 0) is 11.2 Å². The van der Waals surface area contributed by atoms with E-state index < -0.39 is 0 Å². The zero-order valence-electron chi connectivity index (χ0n) is 23.5. The summed E-state index contributed by atoms with van der Waals surface area (Å²) in [4.78, 5) is 36.2. The molecule has 6 rings (SSSR count). The lowest BCUT2D eigenvalue weighted by atomic mass is 10.1. The molecule has 1 fully saturated rings. The number of aryl methyl sites for hydroxylation is 4. The maximum Gasteiger partial charge on any atom is 0.268 e. The molecule has 210 valence electrons. The predicted octanol–water partition coefficient (Wildman–Crippen LogP) is 4.87. The first-order chi connectivity index (χ1) is 19.7. The van der Waals surface area contributed by atoms with Gasteiger partial charge in [0.1, 0.15) is 11.5 Å². The van der Waals surface area contributed by atoms with Crippen LogP contribution in [0.2, 0.25) is 0 Å². The molecule has 10 heteroatoms. The lowest BCUT2D eigenvalue weighted by Crippen LogP contribution is -2.49. The number of hydrogen-bond acceptors (Lipinski definition) is 6. The van der Waals surface area contributed by atoms with Gasteiger partial charge in [0.15, 0.2) is 4.96 Å². The van der Waals surface area contributed by atoms with Crippen molar-refractivity contribution in [3.8, 4) is 16.9 Å². The van der Waals surface area contributed by atoms with E-state index in [0.717, 1.165) is 22.5 Å². The van der Waals surface area contributed by atoms with Crippen LogP contribution in [0.1, 0.15) is 28.2 Å². The van der Waals surface area contributed by atoms with E-state index in [1.807, 2.05) is 54.8 Å². The molecule has 8 nitrogen and oxygen atoms in total. The van der Waals surface area contributed by atoms with Crippen molar-refractivity contribution in [1.82, 2.24) is 24.1 Å². The molecule has 1 aliphatic rings. The molecule has 0 atom stereocenters. The number of carbonyl (C=O) groups excluding carboxylic acids is 1. The smallest absolute Gasteiger partial charge is 0.268 e. The van der Waals surface area contributed by atoms with Crippen LogP contribution >= 0.6 is 11.3 Å². The van der Waals surface area contributed by atoms with E-state index in [4.69, 9.17) is 10.1 Å². The Morgan fingerprint density at radius 1 is 0.976 bits per heavy atom. The molecule has 0 radical (unpaired) electrons. The van der Waals surface area contributed by atoms with Gasteiger partial charge >= 0.3 is 0 Å². The number of piperazine rings is 1. The lowest BCUT2D eigenvalue weighted by Gasteiger charge is -2.36. The van der Waals surface area contributed by atoms with E-state index in [1.54, 1.807) is 21.4 Å². The number of anilines is 1. The number of rotatable bonds is 5. The number of carbonyl (C=O) groups is 1. The third-order valence-electron chi connectivity index (χ3n) is 7.72. The number of amides is 1. The van der Waals surface area contributed by atoms with E-state index >= 15 is 0 Å². The van der Waals surface area contributed by atoms with Crippen LogP contribution in [0.25, 0.3) is 21.9 Å². The number of thiazole rings is 1. The Hall–Kier alpha value is -4.31. The topological polar surface area (TPSA) is 75.7 Å². The highest BCUT2D eigenvalue weighted by molar-refractivity contribution is 7.15. The SMILES string of the molecule is Cc1ccc(C)c(-n2nc(-c3c(C)nc4scc(CC(=O)N5CCN(c6ccccc6F)CC5)n4c3=O)cc2C)c1. The number of para-hydroxylation sites is 1. The van der Waals surface area contributed by atoms with Crippen LogP contribution in [0.15, 0.2) is 58.7 Å². The summed E-state index contributed by atoms with van der Waals surface area (Å²) in [6.45, 7) is 9.94. The Kier molecular flexibility index (Phi) is 6.94. The minimum atomic E-state index is -0.260. The fourth-order valence-electron chi connectivity index (χ4n) is 5.48. The van der Waals surface area contributed by atoms with Gasteiger partial charge in [-0.15, -0.1) is 11.3 Å². The summed E-state index contributed by atoms with van der Waals surface area (Å²) in [6.07, 6.45) is 0.0831. The summed E-state index contributed by atoms with van der Waals surface area (Å²) < 4.78 is 17.6. The quantitative estimate of drug-likeness (QED) is 0.301. The maximum atomic E-state index is 14.2. The third kappa shape index (κ3) is 4.93. The van der Waals surface area contributed by atoms with Crippen molar-refractivity contribution in [2.24, 2.45) is 0 Å². The lowest BCUT2D eigenvalue weighted by molar-refractivity contribution is -0.130. The van der Waals surface area contributed by atoms with Gasteiger partial charge in [0.05, 0.1) is 29.1 Å². The third-order valence-corrected chi connectivity index (χ3v) is 8.59. The van der Waals surface area contributed by atoms with Gasteiger partial charge in [-0.2, -0.15) is 5.10 Å². The fourth-order valence-corrected chi connectivity index (χ4v) is 6.41. The average Bonchev–Trinajstić information content (AvgIpc) is 3.53. The van der Waals surface area contributed by atoms with Crippen LogP contribution < -0.4 is 10.5 Å². The molecule has 0 saturated carbocycles. The van der Waals surface area contributed by atoms with E-state index in [9.17, 15) is 14.0 Å². The van der Waals surface area contributed by atoms with Gasteiger partial charge in [-0.05, 0) is 63.1 Å². The van der Waals surface area contributed by atoms with Crippen molar-refractivity contribution < 1.29 is 9.18 Å². The fraction of sp³-hybridized carbons (Fsp3) is 0.290. The molecule has 1 aliphatic heterocycles. The minimum Gasteiger partial charge on any atom is -0.366 e. The predicted molar refractivity (Wildman–Crippen MR) is 160 cm³/mol. The van der Waals surface area contributed by atoms with Crippen molar-refractivity contribution in [2.45, 2.75) is 34.1 Å². The standard InChI is InChI=1S/C31H31FN6O2S/c1-19-9-10-20(2)27(15-19)38-21(3)16-25(34-38)29-22(4)33-31-37(30(29)40)23(18-41-31)17-28(39)36-13-11-35(12-14-36)26-8-6-5-7-24(26)32/h5-10,15-16,18H,11-14,17H2,1-4H3. The number of benzene rings is 2. The van der Waals surface area contributed by atoms with Crippen LogP contribution in [-0.4, -0.2) is 56.2 Å². The molecule has 0 spiro atoms. The number of hydrogen-bond donors (Lipinski definition) is 0. The second-order valence-electron chi connectivity index (χ2n) is 10.6. The van der Waals surface area contributed by atoms with E-state index in [2.05, 4.69) is 18.2 Å². The minimum absolute atomic E-state index is 0.0676. The molecule has 0 N–H and O–H groups in total. The molecule has 41 heavy (non-hydrogen) atoms. The average molecular weight is 571 g/mol. The normalized spacial score (nSPS) is 13.8. The highest BCUT2D eigenvalue weighted by atomic mass is 32.1. The second-order valence-corrected chi connectivity index (χ2v) is 11.4. The number of aromatic nitrogens is 4. The van der Waals surface area contributed by atoms with Gasteiger partial charge in [0.2, 0.25) is 5.91 Å². The van der Waals surface area contributed by atoms with Crippen molar-refractivity contribution in [3.63, 3.8) is 0 Å². The van der Waals surface area contributed by atoms with E-state index in [0.29, 0.717) is 59.5 Å². The first-order valence-corrected chi connectivity index (χ1v) is 14.5. The molecule has 0 unspecified atom stereocenters. The summed E-state index contributed by atoms with van der Waals surface area (Å²) in [6, 6.07) is 14.8. The zero-order valence-corrected chi connectivity index (χ0v) is 24.3. The highest BCUT2D eigenvalue weighted by Gasteiger charge is 2.25. The van der Waals surface area contributed by atoms with Gasteiger partial charge in [-0.25, -0.2) is 14.1 Å². The van der Waals surface area contributed by atoms with Crippen LogP contribution in [0.3, 0.4) is 0 Å². The molecular weight excluding hydrogens is 539 g/mol. The highest BCUT2D eigenvalue weighted by Crippen LogP contribution is 2.26. The van der Waals surface area contributed by atoms with Crippen LogP contribution in [0.4, 0.5) is 10.1 Å². The summed E-state index contributed by atoms with van der Waals surface area (Å²) in [5.74, 6) is -0.328. The van der Waals surface area contributed by atoms with E-state index in [-0.39, 0.29) is 23.7 Å². The van der Waals surface area contributed by atoms with Crippen LogP contribution in [0, 0.1) is 33.5 Å². The monoisotopic (exact) mass is 570 g/mol. The van der Waals surface area contributed by atoms with Gasteiger partial charge in [0, 0.05) is 42.9 Å². The van der Waals surface area contributed by atoms with Crippen molar-refractivity contribution in [1.29, 1.82) is 0 Å². The first-order valence-electron chi connectivity index (χ1n) is 13.6. The number of nitrogens with zero attached hydrogens (tertiary/aromatic N) is 6. The largest absolute Gasteiger partial charge is 0.366 e. The molecule has 4 heterocycles. The molecule has 0 aliphatic carbocycles. The van der Waals surface area contributed by atoms with Gasteiger partial charge in [-0.1, -0.05) is 24.3 Å². The summed E-state index contributed by atoms with van der Waals surface area (Å²) in [5.41, 5.74) is 6.61. The van der Waals surface area contributed by atoms with Gasteiger partial charge in [-0.3, -0.25) is 14.0 Å². The summed E-state index contributed by atoms with van der Waals surface area (Å²) in [5, 5.41) is 6.66. The van der Waals surface area contributed by atoms with Crippen molar-refractivity contribution in [3.05, 3.63) is 98.3 Å². The van der Waals surface area contributed by atoms with Crippen LogP contribution in [0.5, 0.6) is 0 Å². The molecular formula is C31H31FN6O2S. The number of fused-ring (bicyclic) bond motifs is 1. The molecule has 5 aromatic rings. The Morgan fingerprint density at radius 3 is 2.49 bits per heavy atom. The Labute approximate surface area is 241 Å². The van der Waals surface area contributed by atoms with Gasteiger partial charge < -0.3 is 9.80 Å². The molecule has 2 aromatic carbocycles. The molecule has 1 amide bonds. The molecule has 0 bridgehead atoms. The van der Waals surface area contributed by atoms with Gasteiger partial charge in [0.25, 0.3) is 5.56 Å². The van der Waals surface area contributed by atoms with E-state index in [1.165, 1.54) is 17.4 Å². The second kappa shape index (κ2) is 10.6. The molecule has 1 saturated heterocycles. The summed E-state index contributed by atoms with van der Waals surface area (Å²) >= 11 is 1.35. The Bertz CT molecular complexity index is 1850. The first kappa shape index (κ1) is 26.9. The zero-order chi connectivity index (χ0) is 28.8. The Morgan fingerprint density at radius 2 is 1.73 bits per heavy atom. The molecule has 3 aromatic heterocycles. The van der Waals surface area contributed by atoms with Crippen molar-refractivity contribution >= 4 is 27.9 Å². The number of halogens is 1.